The number of nitrogens with zero attached hydrogens (tertiary/aromatic N) is 3. The van der Waals surface area contributed by atoms with Gasteiger partial charge in [-0.3, -0.25) is 4.68 Å². The van der Waals surface area contributed by atoms with Gasteiger partial charge in [-0.25, -0.2) is 4.98 Å². The summed E-state index contributed by atoms with van der Waals surface area (Å²) in [6.45, 7) is 4.02. The van der Waals surface area contributed by atoms with E-state index in [4.69, 9.17) is 0 Å². The number of aryl methyl sites for hydroxylation is 2. The molecule has 1 N–H and O–H groups in total. The quantitative estimate of drug-likeness (QED) is 0.869. The number of allylic oxidation sites excluding steroid dienone is 2. The third kappa shape index (κ3) is 2.75. The fraction of sp³-hybridized carbons (Fsp3) is 0.500. The third-order valence-corrected chi connectivity index (χ3v) is 4.06. The summed E-state index contributed by atoms with van der Waals surface area (Å²) in [5.41, 5.74) is 3.25. The predicted octanol–water partition coefficient (Wildman–Crippen LogP) is 2.72. The van der Waals surface area contributed by atoms with Gasteiger partial charge in [-0.05, 0) is 50.3 Å². The van der Waals surface area contributed by atoms with Gasteiger partial charge < -0.3 is 5.32 Å². The van der Waals surface area contributed by atoms with Crippen molar-refractivity contribution in [3.63, 3.8) is 0 Å². The molecule has 0 amide bonds. The lowest BCUT2D eigenvalue weighted by molar-refractivity contribution is 0.440. The highest BCUT2D eigenvalue weighted by Crippen LogP contribution is 2.18. The molecule has 1 aliphatic rings. The maximum Gasteiger partial charge on any atom is 0.157 e. The van der Waals surface area contributed by atoms with E-state index in [1.807, 2.05) is 24.9 Å². The van der Waals surface area contributed by atoms with E-state index < -0.39 is 0 Å². The summed E-state index contributed by atoms with van der Waals surface area (Å²) in [6.07, 6.45) is 10.3. The molecule has 0 aromatic carbocycles. The van der Waals surface area contributed by atoms with Gasteiger partial charge in [0.15, 0.2) is 5.65 Å². The first-order chi connectivity index (χ1) is 9.74. The lowest BCUT2D eigenvalue weighted by atomic mass is 9.94. The zero-order valence-electron chi connectivity index (χ0n) is 12.3. The standard InChI is InChI=1S/C16H22N4/c1-12-15-8-14(11-18-16(15)20(2)19-12)10-17-9-13-6-4-3-5-7-13/h3-4,8,11,13,17H,5-7,9-10H2,1-2H3. The van der Waals surface area contributed by atoms with Crippen molar-refractivity contribution in [1.29, 1.82) is 0 Å². The van der Waals surface area contributed by atoms with Gasteiger partial charge in [-0.15, -0.1) is 0 Å². The van der Waals surface area contributed by atoms with Crippen molar-refractivity contribution < 1.29 is 0 Å². The molecule has 0 spiro atoms. The number of fused-ring (bicyclic) bond motifs is 1. The minimum Gasteiger partial charge on any atom is -0.312 e. The third-order valence-electron chi connectivity index (χ3n) is 4.06. The summed E-state index contributed by atoms with van der Waals surface area (Å²) < 4.78 is 1.84. The number of hydrogen-bond acceptors (Lipinski definition) is 3. The number of rotatable bonds is 4. The lowest BCUT2D eigenvalue weighted by Crippen LogP contribution is -2.23. The molecule has 106 valence electrons. The second-order valence-corrected chi connectivity index (χ2v) is 5.71. The summed E-state index contributed by atoms with van der Waals surface area (Å²) in [5, 5.41) is 9.13. The van der Waals surface area contributed by atoms with Gasteiger partial charge in [-0.1, -0.05) is 12.2 Å². The molecule has 0 radical (unpaired) electrons. The summed E-state index contributed by atoms with van der Waals surface area (Å²) in [7, 11) is 1.94. The topological polar surface area (TPSA) is 42.7 Å². The van der Waals surface area contributed by atoms with E-state index in [2.05, 4.69) is 33.6 Å². The van der Waals surface area contributed by atoms with Crippen LogP contribution in [-0.4, -0.2) is 21.3 Å². The molecule has 0 aliphatic heterocycles. The van der Waals surface area contributed by atoms with E-state index in [0.717, 1.165) is 35.7 Å². The second kappa shape index (κ2) is 5.75. The van der Waals surface area contributed by atoms with E-state index in [0.29, 0.717) is 0 Å². The molecule has 0 fully saturated rings. The van der Waals surface area contributed by atoms with E-state index in [-0.39, 0.29) is 0 Å². The summed E-state index contributed by atoms with van der Waals surface area (Å²) in [4.78, 5) is 4.52. The lowest BCUT2D eigenvalue weighted by Gasteiger charge is -2.18. The van der Waals surface area contributed by atoms with Crippen molar-refractivity contribution in [2.24, 2.45) is 13.0 Å². The first kappa shape index (κ1) is 13.3. The van der Waals surface area contributed by atoms with Gasteiger partial charge in [0.2, 0.25) is 0 Å². The van der Waals surface area contributed by atoms with Crippen LogP contribution in [0.2, 0.25) is 0 Å². The molecule has 2 aromatic rings. The van der Waals surface area contributed by atoms with Crippen LogP contribution in [-0.2, 0) is 13.6 Å². The van der Waals surface area contributed by atoms with Crippen molar-refractivity contribution in [1.82, 2.24) is 20.1 Å². The Morgan fingerprint density at radius 3 is 3.10 bits per heavy atom. The number of pyridine rings is 1. The Morgan fingerprint density at radius 2 is 2.30 bits per heavy atom. The van der Waals surface area contributed by atoms with Crippen LogP contribution in [0.1, 0.15) is 30.5 Å². The summed E-state index contributed by atoms with van der Waals surface area (Å²) in [6, 6.07) is 2.21. The molecule has 2 aromatic heterocycles. The van der Waals surface area contributed by atoms with Crippen LogP contribution in [0.3, 0.4) is 0 Å². The fourth-order valence-electron chi connectivity index (χ4n) is 2.91. The van der Waals surface area contributed by atoms with Crippen LogP contribution in [0, 0.1) is 12.8 Å². The maximum absolute atomic E-state index is 4.52. The molecule has 4 nitrogen and oxygen atoms in total. The molecule has 20 heavy (non-hydrogen) atoms. The predicted molar refractivity (Wildman–Crippen MR) is 81.4 cm³/mol. The second-order valence-electron chi connectivity index (χ2n) is 5.71. The Bertz CT molecular complexity index is 627. The molecular weight excluding hydrogens is 248 g/mol. The Kier molecular flexibility index (Phi) is 3.83. The van der Waals surface area contributed by atoms with Gasteiger partial charge >= 0.3 is 0 Å². The molecule has 2 heterocycles. The SMILES string of the molecule is Cc1nn(C)c2ncc(CNCC3CC=CCC3)cc12. The van der Waals surface area contributed by atoms with Gasteiger partial charge in [-0.2, -0.15) is 5.10 Å². The smallest absolute Gasteiger partial charge is 0.157 e. The fourth-order valence-corrected chi connectivity index (χ4v) is 2.91. The monoisotopic (exact) mass is 270 g/mol. The average molecular weight is 270 g/mol. The van der Waals surface area contributed by atoms with Gasteiger partial charge in [0, 0.05) is 25.2 Å². The molecule has 1 aliphatic carbocycles. The zero-order valence-corrected chi connectivity index (χ0v) is 12.3. The van der Waals surface area contributed by atoms with Crippen molar-refractivity contribution in [2.45, 2.75) is 32.7 Å². The van der Waals surface area contributed by atoms with E-state index in [9.17, 15) is 0 Å². The number of nitrogens with one attached hydrogen (secondary N) is 1. The first-order valence-electron chi connectivity index (χ1n) is 7.38. The number of hydrogen-bond donors (Lipinski definition) is 1. The van der Waals surface area contributed by atoms with Crippen molar-refractivity contribution in [3.8, 4) is 0 Å². The molecule has 0 saturated carbocycles. The highest BCUT2D eigenvalue weighted by molar-refractivity contribution is 5.78. The Hall–Kier alpha value is -1.68. The zero-order chi connectivity index (χ0) is 13.9. The van der Waals surface area contributed by atoms with Crippen LogP contribution in [0.15, 0.2) is 24.4 Å². The van der Waals surface area contributed by atoms with Gasteiger partial charge in [0.25, 0.3) is 0 Å². The van der Waals surface area contributed by atoms with Crippen molar-refractivity contribution in [3.05, 3.63) is 35.7 Å². The van der Waals surface area contributed by atoms with E-state index in [1.54, 1.807) is 0 Å². The van der Waals surface area contributed by atoms with E-state index >= 15 is 0 Å². The molecule has 3 rings (SSSR count). The van der Waals surface area contributed by atoms with Gasteiger partial charge in [0.05, 0.1) is 5.69 Å². The summed E-state index contributed by atoms with van der Waals surface area (Å²) >= 11 is 0. The Labute approximate surface area is 119 Å². The maximum atomic E-state index is 4.52. The van der Waals surface area contributed by atoms with Crippen LogP contribution < -0.4 is 5.32 Å². The van der Waals surface area contributed by atoms with Crippen LogP contribution in [0.4, 0.5) is 0 Å². The van der Waals surface area contributed by atoms with Crippen LogP contribution >= 0.6 is 0 Å². The van der Waals surface area contributed by atoms with Crippen molar-refractivity contribution in [2.75, 3.05) is 6.54 Å². The molecule has 0 saturated heterocycles. The Morgan fingerprint density at radius 1 is 1.40 bits per heavy atom. The Balaban J connectivity index is 1.62. The van der Waals surface area contributed by atoms with Gasteiger partial charge in [0.1, 0.15) is 0 Å². The molecular formula is C16H22N4. The minimum atomic E-state index is 0.789. The minimum absolute atomic E-state index is 0.789. The normalized spacial score (nSPS) is 18.8. The highest BCUT2D eigenvalue weighted by atomic mass is 15.3. The van der Waals surface area contributed by atoms with Crippen LogP contribution in [0.25, 0.3) is 11.0 Å². The molecule has 1 atom stereocenters. The van der Waals surface area contributed by atoms with E-state index in [1.165, 1.54) is 24.8 Å². The molecule has 4 heteroatoms. The molecule has 0 bridgehead atoms. The highest BCUT2D eigenvalue weighted by Gasteiger charge is 2.10. The number of aromatic nitrogens is 3. The average Bonchev–Trinajstić information content (AvgIpc) is 2.75. The molecule has 1 unspecified atom stereocenters. The first-order valence-corrected chi connectivity index (χ1v) is 7.38. The summed E-state index contributed by atoms with van der Waals surface area (Å²) in [5.74, 6) is 0.789. The van der Waals surface area contributed by atoms with Crippen LogP contribution in [0.5, 0.6) is 0 Å². The largest absolute Gasteiger partial charge is 0.312 e. The van der Waals surface area contributed by atoms with Crippen molar-refractivity contribution >= 4 is 11.0 Å².